The van der Waals surface area contributed by atoms with Crippen LogP contribution in [0.25, 0.3) is 0 Å². The number of fused-ring (bicyclic) bond motifs is 1. The molecule has 2 amide bonds. The summed E-state index contributed by atoms with van der Waals surface area (Å²) in [5.74, 6) is -0.237. The Morgan fingerprint density at radius 3 is 2.76 bits per heavy atom. The second-order valence-electron chi connectivity index (χ2n) is 7.47. The summed E-state index contributed by atoms with van der Waals surface area (Å²) in [4.78, 5) is 30.0. The average Bonchev–Trinajstić information content (AvgIpc) is 3.33. The van der Waals surface area contributed by atoms with E-state index in [1.54, 1.807) is 0 Å². The lowest BCUT2D eigenvalue weighted by Crippen LogP contribution is -2.48. The molecular weight excluding hydrogens is 314 g/mol. The molecule has 5 heteroatoms. The molecule has 1 N–H and O–H groups in total. The molecule has 3 aliphatic rings. The lowest BCUT2D eigenvalue weighted by molar-refractivity contribution is -0.135. The Bertz CT molecular complexity index is 675. The third kappa shape index (κ3) is 2.95. The van der Waals surface area contributed by atoms with Crippen molar-refractivity contribution < 1.29 is 9.59 Å². The molecule has 25 heavy (non-hydrogen) atoms. The van der Waals surface area contributed by atoms with E-state index in [9.17, 15) is 9.59 Å². The second-order valence-corrected chi connectivity index (χ2v) is 7.47. The zero-order chi connectivity index (χ0) is 17.4. The Labute approximate surface area is 149 Å². The van der Waals surface area contributed by atoms with E-state index in [2.05, 4.69) is 22.0 Å². The minimum Gasteiger partial charge on any atom is -0.338 e. The topological polar surface area (TPSA) is 52.7 Å². The lowest BCUT2D eigenvalue weighted by atomic mass is 9.96. The van der Waals surface area contributed by atoms with Crippen molar-refractivity contribution in [2.24, 2.45) is 0 Å². The highest BCUT2D eigenvalue weighted by molar-refractivity contribution is 6.04. The number of likely N-dealkylation sites (N-methyl/N-ethyl adjacent to an activating group) is 1. The van der Waals surface area contributed by atoms with Crippen LogP contribution < -0.4 is 5.32 Å². The van der Waals surface area contributed by atoms with Gasteiger partial charge in [0.2, 0.25) is 11.8 Å². The molecule has 1 aromatic carbocycles. The maximum Gasteiger partial charge on any atom is 0.232 e. The minimum atomic E-state index is -0.337. The van der Waals surface area contributed by atoms with Gasteiger partial charge in [-0.1, -0.05) is 25.1 Å². The summed E-state index contributed by atoms with van der Waals surface area (Å²) in [7, 11) is 0. The molecule has 1 aromatic rings. The molecule has 134 valence electrons. The number of amides is 2. The van der Waals surface area contributed by atoms with Crippen LogP contribution >= 0.6 is 0 Å². The van der Waals surface area contributed by atoms with E-state index in [0.29, 0.717) is 12.1 Å². The summed E-state index contributed by atoms with van der Waals surface area (Å²) in [6.45, 7) is 5.26. The van der Waals surface area contributed by atoms with Crippen LogP contribution in [0.4, 0.5) is 5.69 Å². The number of carbonyl (C=O) groups excluding carboxylic acids is 2. The zero-order valence-electron chi connectivity index (χ0n) is 14.9. The molecule has 0 unspecified atom stereocenters. The standard InChI is InChI=1S/C20H27N3O2/c1-2-22-11-5-9-17(22)18-10-6-12-23(18)19(24)13-15-14-7-3-4-8-16(14)21-20(15)25/h3-4,7-8,15,17-18H,2,5-6,9-13H2,1H3,(H,21,25)/t15-,17+,18-/m0/s1. The largest absolute Gasteiger partial charge is 0.338 e. The number of hydrogen-bond donors (Lipinski definition) is 1. The number of para-hydroxylation sites is 1. The number of hydrogen-bond acceptors (Lipinski definition) is 3. The van der Waals surface area contributed by atoms with Gasteiger partial charge in [-0.3, -0.25) is 14.5 Å². The third-order valence-electron chi connectivity index (χ3n) is 6.17. The fourth-order valence-corrected chi connectivity index (χ4v) is 4.95. The molecule has 5 nitrogen and oxygen atoms in total. The van der Waals surface area contributed by atoms with E-state index in [-0.39, 0.29) is 24.2 Å². The lowest BCUT2D eigenvalue weighted by Gasteiger charge is -2.35. The van der Waals surface area contributed by atoms with Crippen LogP contribution in [0.1, 0.15) is 50.5 Å². The van der Waals surface area contributed by atoms with Crippen molar-refractivity contribution in [1.82, 2.24) is 9.80 Å². The van der Waals surface area contributed by atoms with Gasteiger partial charge in [0.1, 0.15) is 0 Å². The van der Waals surface area contributed by atoms with Crippen molar-refractivity contribution in [1.29, 1.82) is 0 Å². The van der Waals surface area contributed by atoms with Gasteiger partial charge >= 0.3 is 0 Å². The molecule has 0 bridgehead atoms. The van der Waals surface area contributed by atoms with E-state index in [1.807, 2.05) is 24.3 Å². The van der Waals surface area contributed by atoms with Gasteiger partial charge in [-0.15, -0.1) is 0 Å². The van der Waals surface area contributed by atoms with Crippen LogP contribution in [0.15, 0.2) is 24.3 Å². The molecule has 3 atom stereocenters. The number of benzene rings is 1. The first-order chi connectivity index (χ1) is 12.2. The van der Waals surface area contributed by atoms with Gasteiger partial charge in [0, 0.05) is 30.7 Å². The van der Waals surface area contributed by atoms with Gasteiger partial charge in [0.05, 0.1) is 5.92 Å². The van der Waals surface area contributed by atoms with Crippen molar-refractivity contribution in [2.45, 2.75) is 57.0 Å². The van der Waals surface area contributed by atoms with E-state index in [0.717, 1.165) is 43.7 Å². The molecule has 0 radical (unpaired) electrons. The van der Waals surface area contributed by atoms with Crippen molar-refractivity contribution in [3.05, 3.63) is 29.8 Å². The molecule has 0 aromatic heterocycles. The smallest absolute Gasteiger partial charge is 0.232 e. The molecule has 0 aliphatic carbocycles. The fraction of sp³-hybridized carbons (Fsp3) is 0.600. The molecule has 2 saturated heterocycles. The maximum atomic E-state index is 13.0. The zero-order valence-corrected chi connectivity index (χ0v) is 14.9. The van der Waals surface area contributed by atoms with Crippen molar-refractivity contribution in [3.63, 3.8) is 0 Å². The Morgan fingerprint density at radius 1 is 1.16 bits per heavy atom. The summed E-state index contributed by atoms with van der Waals surface area (Å²) in [6, 6.07) is 8.55. The number of nitrogens with one attached hydrogen (secondary N) is 1. The van der Waals surface area contributed by atoms with Crippen LogP contribution in [-0.2, 0) is 9.59 Å². The van der Waals surface area contributed by atoms with Gasteiger partial charge in [-0.05, 0) is 50.4 Å². The van der Waals surface area contributed by atoms with Crippen LogP contribution in [0.3, 0.4) is 0 Å². The van der Waals surface area contributed by atoms with Crippen molar-refractivity contribution in [3.8, 4) is 0 Å². The molecule has 3 heterocycles. The Balaban J connectivity index is 1.48. The maximum absolute atomic E-state index is 13.0. The summed E-state index contributed by atoms with van der Waals surface area (Å²) < 4.78 is 0. The van der Waals surface area contributed by atoms with Gasteiger partial charge in [-0.25, -0.2) is 0 Å². The normalized spacial score (nSPS) is 29.1. The van der Waals surface area contributed by atoms with Gasteiger partial charge in [0.25, 0.3) is 0 Å². The van der Waals surface area contributed by atoms with E-state index >= 15 is 0 Å². The number of likely N-dealkylation sites (tertiary alicyclic amines) is 2. The van der Waals surface area contributed by atoms with Crippen LogP contribution in [0, 0.1) is 0 Å². The van der Waals surface area contributed by atoms with Crippen molar-refractivity contribution in [2.75, 3.05) is 25.0 Å². The number of anilines is 1. The van der Waals surface area contributed by atoms with Gasteiger partial charge in [-0.2, -0.15) is 0 Å². The van der Waals surface area contributed by atoms with Crippen LogP contribution in [0.2, 0.25) is 0 Å². The predicted octanol–water partition coefficient (Wildman–Crippen LogP) is 2.59. The fourth-order valence-electron chi connectivity index (χ4n) is 4.95. The van der Waals surface area contributed by atoms with Crippen LogP contribution in [0.5, 0.6) is 0 Å². The number of nitrogens with zero attached hydrogens (tertiary/aromatic N) is 2. The average molecular weight is 341 g/mol. The first-order valence-corrected chi connectivity index (χ1v) is 9.62. The minimum absolute atomic E-state index is 0.0404. The highest BCUT2D eigenvalue weighted by Crippen LogP contribution is 2.36. The third-order valence-corrected chi connectivity index (χ3v) is 6.17. The SMILES string of the molecule is CCN1CCC[C@@H]1[C@@H]1CCCN1C(=O)C[C@@H]1C(=O)Nc2ccccc21. The summed E-state index contributed by atoms with van der Waals surface area (Å²) in [5, 5.41) is 2.91. The highest BCUT2D eigenvalue weighted by atomic mass is 16.2. The Morgan fingerprint density at radius 2 is 1.92 bits per heavy atom. The molecule has 2 fully saturated rings. The Kier molecular flexibility index (Phi) is 4.50. The van der Waals surface area contributed by atoms with E-state index < -0.39 is 0 Å². The van der Waals surface area contributed by atoms with Gasteiger partial charge < -0.3 is 10.2 Å². The van der Waals surface area contributed by atoms with Crippen LogP contribution in [-0.4, -0.2) is 53.3 Å². The molecule has 4 rings (SSSR count). The highest BCUT2D eigenvalue weighted by Gasteiger charge is 2.41. The summed E-state index contributed by atoms with van der Waals surface area (Å²) >= 11 is 0. The van der Waals surface area contributed by atoms with E-state index in [4.69, 9.17) is 0 Å². The molecule has 0 spiro atoms. The van der Waals surface area contributed by atoms with E-state index in [1.165, 1.54) is 12.8 Å². The quantitative estimate of drug-likeness (QED) is 0.916. The van der Waals surface area contributed by atoms with Gasteiger partial charge in [0.15, 0.2) is 0 Å². The first kappa shape index (κ1) is 16.6. The molecule has 3 aliphatic heterocycles. The monoisotopic (exact) mass is 341 g/mol. The second kappa shape index (κ2) is 6.79. The Hall–Kier alpha value is -1.88. The molecule has 0 saturated carbocycles. The van der Waals surface area contributed by atoms with Crippen molar-refractivity contribution >= 4 is 17.5 Å². The predicted molar refractivity (Wildman–Crippen MR) is 97.4 cm³/mol. The molecular formula is C20H27N3O2. The summed E-state index contributed by atoms with van der Waals surface area (Å²) in [6.07, 6.45) is 4.89. The number of carbonyl (C=O) groups is 2. The first-order valence-electron chi connectivity index (χ1n) is 9.62. The number of rotatable bonds is 4. The summed E-state index contributed by atoms with van der Waals surface area (Å²) in [5.41, 5.74) is 1.82.